The Morgan fingerprint density at radius 2 is 1.85 bits per heavy atom. The van der Waals surface area contributed by atoms with Gasteiger partial charge in [0.15, 0.2) is 0 Å². The molecule has 0 spiro atoms. The predicted molar refractivity (Wildman–Crippen MR) is 79.9 cm³/mol. The maximum Gasteiger partial charge on any atom is 0.133 e. The maximum absolute atomic E-state index is 5.13. The van der Waals surface area contributed by atoms with Crippen molar-refractivity contribution in [2.75, 3.05) is 31.1 Å². The van der Waals surface area contributed by atoms with Crippen LogP contribution in [-0.2, 0) is 6.54 Å². The van der Waals surface area contributed by atoms with Crippen LogP contribution >= 0.6 is 0 Å². The van der Waals surface area contributed by atoms with Crippen LogP contribution in [-0.4, -0.2) is 36.2 Å². The highest BCUT2D eigenvalue weighted by molar-refractivity contribution is 5.53. The average molecular weight is 271 g/mol. The number of anilines is 1. The van der Waals surface area contributed by atoms with Gasteiger partial charge in [-0.1, -0.05) is 23.4 Å². The van der Waals surface area contributed by atoms with Gasteiger partial charge in [-0.05, 0) is 25.5 Å². The molecule has 2 heterocycles. The molecule has 0 amide bonds. The number of piperazine rings is 1. The second-order valence-electron chi connectivity index (χ2n) is 5.48. The van der Waals surface area contributed by atoms with E-state index in [2.05, 4.69) is 46.1 Å². The third kappa shape index (κ3) is 2.85. The minimum atomic E-state index is 0.888. The quantitative estimate of drug-likeness (QED) is 0.859. The van der Waals surface area contributed by atoms with Crippen LogP contribution in [0.15, 0.2) is 34.9 Å². The Labute approximate surface area is 120 Å². The van der Waals surface area contributed by atoms with E-state index < -0.39 is 0 Å². The van der Waals surface area contributed by atoms with Crippen molar-refractivity contribution in [2.24, 2.45) is 0 Å². The van der Waals surface area contributed by atoms with Crippen molar-refractivity contribution in [3.05, 3.63) is 47.3 Å². The Bertz CT molecular complexity index is 571. The summed E-state index contributed by atoms with van der Waals surface area (Å²) in [6.07, 6.45) is 0. The Balaban J connectivity index is 1.58. The van der Waals surface area contributed by atoms with Crippen LogP contribution in [0.2, 0.25) is 0 Å². The highest BCUT2D eigenvalue weighted by Crippen LogP contribution is 2.21. The molecule has 0 N–H and O–H groups in total. The molecule has 1 aromatic carbocycles. The normalized spacial score (nSPS) is 16.6. The first-order chi connectivity index (χ1) is 9.72. The second-order valence-corrected chi connectivity index (χ2v) is 5.48. The molecule has 2 aromatic rings. The molecule has 20 heavy (non-hydrogen) atoms. The summed E-state index contributed by atoms with van der Waals surface area (Å²) >= 11 is 0. The van der Waals surface area contributed by atoms with Crippen LogP contribution in [0.25, 0.3) is 0 Å². The largest absolute Gasteiger partial charge is 0.369 e. The molecule has 0 bridgehead atoms. The van der Waals surface area contributed by atoms with Crippen molar-refractivity contribution in [3.8, 4) is 0 Å². The highest BCUT2D eigenvalue weighted by atomic mass is 16.5. The predicted octanol–water partition coefficient (Wildman–Crippen LogP) is 2.61. The molecule has 1 aromatic heterocycles. The molecule has 1 aliphatic heterocycles. The van der Waals surface area contributed by atoms with Crippen LogP contribution in [0, 0.1) is 13.8 Å². The zero-order valence-corrected chi connectivity index (χ0v) is 12.2. The maximum atomic E-state index is 5.13. The van der Waals surface area contributed by atoms with E-state index >= 15 is 0 Å². The number of nitrogens with zero attached hydrogens (tertiary/aromatic N) is 3. The summed E-state index contributed by atoms with van der Waals surface area (Å²) in [5.74, 6) is 0.888. The van der Waals surface area contributed by atoms with Crippen molar-refractivity contribution in [2.45, 2.75) is 20.4 Å². The molecule has 106 valence electrons. The first-order valence-electron chi connectivity index (χ1n) is 7.17. The minimum absolute atomic E-state index is 0.888. The Kier molecular flexibility index (Phi) is 3.74. The summed E-state index contributed by atoms with van der Waals surface area (Å²) in [6, 6.07) is 10.6. The number of aryl methyl sites for hydroxylation is 2. The fraction of sp³-hybridized carbons (Fsp3) is 0.438. The van der Waals surface area contributed by atoms with Crippen LogP contribution in [0.4, 0.5) is 5.69 Å². The Hall–Kier alpha value is -1.81. The molecule has 0 unspecified atom stereocenters. The van der Waals surface area contributed by atoms with Crippen molar-refractivity contribution in [3.63, 3.8) is 0 Å². The Morgan fingerprint density at radius 1 is 1.10 bits per heavy atom. The van der Waals surface area contributed by atoms with Crippen molar-refractivity contribution >= 4 is 5.69 Å². The number of hydrogen-bond donors (Lipinski definition) is 0. The van der Waals surface area contributed by atoms with Gasteiger partial charge < -0.3 is 9.42 Å². The molecule has 1 saturated heterocycles. The first kappa shape index (κ1) is 13.2. The lowest BCUT2D eigenvalue weighted by Gasteiger charge is -2.36. The summed E-state index contributed by atoms with van der Waals surface area (Å²) in [6.45, 7) is 9.29. The van der Waals surface area contributed by atoms with E-state index in [1.54, 1.807) is 0 Å². The standard InChI is InChI=1S/C16H21N3O/c1-13-5-3-4-6-16(13)19-9-7-18(8-10-19)12-15-11-14(2)20-17-15/h3-6,11H,7-10,12H2,1-2H3. The van der Waals surface area contributed by atoms with Gasteiger partial charge in [0.25, 0.3) is 0 Å². The Morgan fingerprint density at radius 3 is 2.50 bits per heavy atom. The highest BCUT2D eigenvalue weighted by Gasteiger charge is 2.19. The van der Waals surface area contributed by atoms with Crippen LogP contribution < -0.4 is 4.90 Å². The van der Waals surface area contributed by atoms with Gasteiger partial charge in [-0.3, -0.25) is 4.90 Å². The molecular formula is C16H21N3O. The lowest BCUT2D eigenvalue weighted by Crippen LogP contribution is -2.46. The zero-order chi connectivity index (χ0) is 13.9. The lowest BCUT2D eigenvalue weighted by molar-refractivity contribution is 0.241. The zero-order valence-electron chi connectivity index (χ0n) is 12.2. The third-order valence-electron chi connectivity index (χ3n) is 3.89. The van der Waals surface area contributed by atoms with E-state index in [1.807, 2.05) is 13.0 Å². The molecule has 1 fully saturated rings. The average Bonchev–Trinajstić information content (AvgIpc) is 2.86. The van der Waals surface area contributed by atoms with Gasteiger partial charge in [-0.25, -0.2) is 0 Å². The van der Waals surface area contributed by atoms with Gasteiger partial charge in [0.2, 0.25) is 0 Å². The molecule has 4 heteroatoms. The summed E-state index contributed by atoms with van der Waals surface area (Å²) in [4.78, 5) is 4.91. The van der Waals surface area contributed by atoms with Crippen LogP contribution in [0.1, 0.15) is 17.0 Å². The van der Waals surface area contributed by atoms with E-state index in [0.717, 1.165) is 44.2 Å². The fourth-order valence-corrected chi connectivity index (χ4v) is 2.79. The van der Waals surface area contributed by atoms with Gasteiger partial charge >= 0.3 is 0 Å². The summed E-state index contributed by atoms with van der Waals surface area (Å²) in [5, 5.41) is 4.07. The fourth-order valence-electron chi connectivity index (χ4n) is 2.79. The van der Waals surface area contributed by atoms with Gasteiger partial charge in [-0.15, -0.1) is 0 Å². The number of aromatic nitrogens is 1. The van der Waals surface area contributed by atoms with E-state index in [9.17, 15) is 0 Å². The second kappa shape index (κ2) is 5.67. The lowest BCUT2D eigenvalue weighted by atomic mass is 10.1. The monoisotopic (exact) mass is 271 g/mol. The number of benzene rings is 1. The SMILES string of the molecule is Cc1cc(CN2CCN(c3ccccc3C)CC2)no1. The molecule has 1 aliphatic rings. The summed E-state index contributed by atoms with van der Waals surface area (Å²) in [7, 11) is 0. The van der Waals surface area contributed by atoms with Gasteiger partial charge in [0, 0.05) is 44.5 Å². The van der Waals surface area contributed by atoms with Crippen molar-refractivity contribution in [1.82, 2.24) is 10.1 Å². The molecular weight excluding hydrogens is 250 g/mol. The van der Waals surface area contributed by atoms with E-state index in [0.29, 0.717) is 0 Å². The van der Waals surface area contributed by atoms with Gasteiger partial charge in [-0.2, -0.15) is 0 Å². The molecule has 0 radical (unpaired) electrons. The third-order valence-corrected chi connectivity index (χ3v) is 3.89. The molecule has 4 nitrogen and oxygen atoms in total. The van der Waals surface area contributed by atoms with Gasteiger partial charge in [0.1, 0.15) is 5.76 Å². The molecule has 0 atom stereocenters. The molecule has 0 aliphatic carbocycles. The van der Waals surface area contributed by atoms with E-state index in [-0.39, 0.29) is 0 Å². The number of para-hydroxylation sites is 1. The smallest absolute Gasteiger partial charge is 0.133 e. The van der Waals surface area contributed by atoms with Crippen molar-refractivity contribution < 1.29 is 4.52 Å². The summed E-state index contributed by atoms with van der Waals surface area (Å²) < 4.78 is 5.13. The van der Waals surface area contributed by atoms with Crippen molar-refractivity contribution in [1.29, 1.82) is 0 Å². The van der Waals surface area contributed by atoms with Crippen LogP contribution in [0.5, 0.6) is 0 Å². The first-order valence-corrected chi connectivity index (χ1v) is 7.17. The number of rotatable bonds is 3. The van der Waals surface area contributed by atoms with Crippen LogP contribution in [0.3, 0.4) is 0 Å². The molecule has 0 saturated carbocycles. The topological polar surface area (TPSA) is 32.5 Å². The van der Waals surface area contributed by atoms with E-state index in [4.69, 9.17) is 4.52 Å². The molecule has 3 rings (SSSR count). The number of hydrogen-bond acceptors (Lipinski definition) is 4. The minimum Gasteiger partial charge on any atom is -0.369 e. The summed E-state index contributed by atoms with van der Waals surface area (Å²) in [5.41, 5.74) is 3.75. The van der Waals surface area contributed by atoms with Gasteiger partial charge in [0.05, 0.1) is 5.69 Å². The van der Waals surface area contributed by atoms with E-state index in [1.165, 1.54) is 11.3 Å².